The summed E-state index contributed by atoms with van der Waals surface area (Å²) < 4.78 is 1.71. The predicted molar refractivity (Wildman–Crippen MR) is 96.0 cm³/mol. The quantitative estimate of drug-likeness (QED) is 0.871. The van der Waals surface area contributed by atoms with Crippen molar-refractivity contribution in [1.82, 2.24) is 20.0 Å². The zero-order chi connectivity index (χ0) is 17.1. The molecule has 1 aromatic rings. The Morgan fingerprint density at radius 3 is 2.79 bits per heavy atom. The van der Waals surface area contributed by atoms with Crippen LogP contribution in [0.3, 0.4) is 0 Å². The summed E-state index contributed by atoms with van der Waals surface area (Å²) in [7, 11) is 1.86. The van der Waals surface area contributed by atoms with Gasteiger partial charge < -0.3 is 10.2 Å². The van der Waals surface area contributed by atoms with Crippen molar-refractivity contribution in [3.05, 3.63) is 17.5 Å². The lowest BCUT2D eigenvalue weighted by Gasteiger charge is -2.23. The van der Waals surface area contributed by atoms with Crippen LogP contribution in [0.25, 0.3) is 0 Å². The summed E-state index contributed by atoms with van der Waals surface area (Å²) in [4.78, 5) is 15.1. The van der Waals surface area contributed by atoms with E-state index in [4.69, 9.17) is 0 Å². The smallest absolute Gasteiger partial charge is 0.269 e. The van der Waals surface area contributed by atoms with Crippen molar-refractivity contribution in [2.45, 2.75) is 58.4 Å². The number of aromatic nitrogens is 2. The van der Waals surface area contributed by atoms with Gasteiger partial charge in [-0.1, -0.05) is 26.7 Å². The predicted octanol–water partition coefficient (Wildman–Crippen LogP) is 2.61. The second kappa shape index (κ2) is 7.68. The van der Waals surface area contributed by atoms with Crippen LogP contribution in [0.5, 0.6) is 0 Å². The maximum absolute atomic E-state index is 12.5. The molecule has 0 aromatic carbocycles. The van der Waals surface area contributed by atoms with E-state index in [1.165, 1.54) is 38.6 Å². The van der Waals surface area contributed by atoms with Crippen molar-refractivity contribution < 1.29 is 4.79 Å². The van der Waals surface area contributed by atoms with E-state index >= 15 is 0 Å². The average molecular weight is 332 g/mol. The maximum Gasteiger partial charge on any atom is 0.269 e. The Balaban J connectivity index is 1.48. The van der Waals surface area contributed by atoms with Gasteiger partial charge >= 0.3 is 0 Å². The summed E-state index contributed by atoms with van der Waals surface area (Å²) in [6.45, 7) is 7.48. The zero-order valence-electron chi connectivity index (χ0n) is 15.4. The summed E-state index contributed by atoms with van der Waals surface area (Å²) in [6, 6.07) is 2.75. The molecule has 1 unspecified atom stereocenters. The lowest BCUT2D eigenvalue weighted by atomic mass is 10.1. The van der Waals surface area contributed by atoms with Gasteiger partial charge in [0.25, 0.3) is 5.91 Å². The maximum atomic E-state index is 12.5. The van der Waals surface area contributed by atoms with Gasteiger partial charge in [-0.15, -0.1) is 0 Å². The molecule has 2 heterocycles. The highest BCUT2D eigenvalue weighted by Gasteiger charge is 2.30. The Morgan fingerprint density at radius 1 is 1.33 bits per heavy atom. The molecule has 1 aromatic heterocycles. The van der Waals surface area contributed by atoms with Gasteiger partial charge in [0, 0.05) is 26.2 Å². The SMILES string of the molecule is CC(C)Cc1cc(C(=O)NCC2CCN(C3CCCC3)C2)n(C)n1. The van der Waals surface area contributed by atoms with Gasteiger partial charge in [0.2, 0.25) is 0 Å². The van der Waals surface area contributed by atoms with Gasteiger partial charge in [-0.25, -0.2) is 0 Å². The lowest BCUT2D eigenvalue weighted by molar-refractivity contribution is 0.0937. The third kappa shape index (κ3) is 4.18. The van der Waals surface area contributed by atoms with Gasteiger partial charge in [0.15, 0.2) is 0 Å². The van der Waals surface area contributed by atoms with Crippen LogP contribution in [-0.2, 0) is 13.5 Å². The van der Waals surface area contributed by atoms with Gasteiger partial charge in [0.1, 0.15) is 5.69 Å². The third-order valence-electron chi connectivity index (χ3n) is 5.49. The fourth-order valence-corrected chi connectivity index (χ4v) is 4.22. The van der Waals surface area contributed by atoms with Crippen LogP contribution in [0.4, 0.5) is 0 Å². The first-order valence-corrected chi connectivity index (χ1v) is 9.58. The zero-order valence-corrected chi connectivity index (χ0v) is 15.4. The van der Waals surface area contributed by atoms with Crippen LogP contribution >= 0.6 is 0 Å². The number of hydrogen-bond donors (Lipinski definition) is 1. The van der Waals surface area contributed by atoms with Gasteiger partial charge in [0.05, 0.1) is 5.69 Å². The minimum absolute atomic E-state index is 0.0133. The number of aryl methyl sites for hydroxylation is 1. The summed E-state index contributed by atoms with van der Waals surface area (Å²) in [5.41, 5.74) is 1.68. The summed E-state index contributed by atoms with van der Waals surface area (Å²) >= 11 is 0. The number of amides is 1. The lowest BCUT2D eigenvalue weighted by Crippen LogP contribution is -2.34. The van der Waals surface area contributed by atoms with Gasteiger partial charge in [-0.2, -0.15) is 5.10 Å². The number of carbonyl (C=O) groups excluding carboxylic acids is 1. The fourth-order valence-electron chi connectivity index (χ4n) is 4.22. The highest BCUT2D eigenvalue weighted by atomic mass is 16.2. The molecule has 3 rings (SSSR count). The molecule has 1 aliphatic heterocycles. The van der Waals surface area contributed by atoms with Crippen molar-refractivity contribution in [2.75, 3.05) is 19.6 Å². The van der Waals surface area contributed by atoms with Crippen molar-refractivity contribution in [3.8, 4) is 0 Å². The van der Waals surface area contributed by atoms with Crippen LogP contribution in [-0.4, -0.2) is 46.3 Å². The first-order valence-electron chi connectivity index (χ1n) is 9.58. The minimum atomic E-state index is 0.0133. The molecule has 5 nitrogen and oxygen atoms in total. The first-order chi connectivity index (χ1) is 11.5. The molecule has 1 N–H and O–H groups in total. The molecule has 1 saturated carbocycles. The second-order valence-electron chi connectivity index (χ2n) is 8.04. The van der Waals surface area contributed by atoms with Crippen molar-refractivity contribution in [2.24, 2.45) is 18.9 Å². The van der Waals surface area contributed by atoms with E-state index in [2.05, 4.69) is 29.2 Å². The molecule has 1 amide bonds. The number of likely N-dealkylation sites (tertiary alicyclic amines) is 1. The van der Waals surface area contributed by atoms with Crippen LogP contribution in [0.15, 0.2) is 6.07 Å². The molecule has 2 aliphatic rings. The van der Waals surface area contributed by atoms with Gasteiger partial charge in [-0.05, 0) is 50.1 Å². The monoisotopic (exact) mass is 332 g/mol. The standard InChI is InChI=1S/C19H32N4O/c1-14(2)10-16-11-18(22(3)21-16)19(24)20-12-15-8-9-23(13-15)17-6-4-5-7-17/h11,14-15,17H,4-10,12-13H2,1-3H3,(H,20,24). The molecule has 2 fully saturated rings. The van der Waals surface area contributed by atoms with E-state index in [9.17, 15) is 4.79 Å². The normalized spacial score (nSPS) is 22.6. The fraction of sp³-hybridized carbons (Fsp3) is 0.789. The largest absolute Gasteiger partial charge is 0.350 e. The summed E-state index contributed by atoms with van der Waals surface area (Å²) in [5.74, 6) is 1.16. The Hall–Kier alpha value is -1.36. The number of rotatable bonds is 6. The van der Waals surface area contributed by atoms with Gasteiger partial charge in [-0.3, -0.25) is 9.48 Å². The van der Waals surface area contributed by atoms with E-state index in [-0.39, 0.29) is 5.91 Å². The molecule has 1 saturated heterocycles. The molecule has 0 radical (unpaired) electrons. The van der Waals surface area contributed by atoms with E-state index < -0.39 is 0 Å². The molecule has 134 valence electrons. The summed E-state index contributed by atoms with van der Waals surface area (Å²) in [5, 5.41) is 7.60. The van der Waals surface area contributed by atoms with E-state index in [1.807, 2.05) is 13.1 Å². The highest BCUT2D eigenvalue weighted by molar-refractivity contribution is 5.92. The van der Waals surface area contributed by atoms with E-state index in [1.54, 1.807) is 4.68 Å². The van der Waals surface area contributed by atoms with Crippen molar-refractivity contribution in [1.29, 1.82) is 0 Å². The Bertz CT molecular complexity index is 560. The van der Waals surface area contributed by atoms with Crippen LogP contribution in [0.1, 0.15) is 62.1 Å². The highest BCUT2D eigenvalue weighted by Crippen LogP contribution is 2.28. The molecular formula is C19H32N4O. The molecule has 1 atom stereocenters. The molecule has 5 heteroatoms. The second-order valence-corrected chi connectivity index (χ2v) is 8.04. The molecule has 0 bridgehead atoms. The number of nitrogens with one attached hydrogen (secondary N) is 1. The Kier molecular flexibility index (Phi) is 5.59. The van der Waals surface area contributed by atoms with Crippen molar-refractivity contribution in [3.63, 3.8) is 0 Å². The number of nitrogens with zero attached hydrogens (tertiary/aromatic N) is 3. The van der Waals surface area contributed by atoms with E-state index in [0.29, 0.717) is 17.5 Å². The van der Waals surface area contributed by atoms with Crippen LogP contribution in [0.2, 0.25) is 0 Å². The minimum Gasteiger partial charge on any atom is -0.350 e. The number of carbonyl (C=O) groups is 1. The number of hydrogen-bond acceptors (Lipinski definition) is 3. The van der Waals surface area contributed by atoms with E-state index in [0.717, 1.165) is 31.2 Å². The summed E-state index contributed by atoms with van der Waals surface area (Å²) in [6.07, 6.45) is 7.64. The Labute approximate surface area is 145 Å². The molecule has 24 heavy (non-hydrogen) atoms. The Morgan fingerprint density at radius 2 is 2.08 bits per heavy atom. The van der Waals surface area contributed by atoms with Crippen molar-refractivity contribution >= 4 is 5.91 Å². The topological polar surface area (TPSA) is 50.2 Å². The third-order valence-corrected chi connectivity index (χ3v) is 5.49. The van der Waals surface area contributed by atoms with Crippen LogP contribution < -0.4 is 5.32 Å². The van der Waals surface area contributed by atoms with Crippen LogP contribution in [0, 0.1) is 11.8 Å². The molecular weight excluding hydrogens is 300 g/mol. The molecule has 0 spiro atoms. The first kappa shape index (κ1) is 17.5. The molecule has 1 aliphatic carbocycles. The average Bonchev–Trinajstić information content (AvgIpc) is 3.24.